The lowest BCUT2D eigenvalue weighted by Crippen LogP contribution is -2.20. The lowest BCUT2D eigenvalue weighted by atomic mass is 10.1. The molecule has 0 spiro atoms. The number of hydrogen-bond donors (Lipinski definition) is 1. The maximum Gasteiger partial charge on any atom is 0.265 e. The second-order valence-corrected chi connectivity index (χ2v) is 7.35. The van der Waals surface area contributed by atoms with Gasteiger partial charge in [0.1, 0.15) is 5.75 Å². The van der Waals surface area contributed by atoms with Crippen LogP contribution in [0.5, 0.6) is 11.6 Å². The monoisotopic (exact) mass is 438 g/mol. The van der Waals surface area contributed by atoms with E-state index in [9.17, 15) is 9.90 Å². The SMILES string of the molecule is COc1ccccc1-n1c(O)c(C=Nc2cc(Cl)cc(Cl)c2)c2ccccc2c1=O. The van der Waals surface area contributed by atoms with Crippen molar-refractivity contribution in [2.45, 2.75) is 0 Å². The number of aliphatic imine (C=N–C) groups is 1. The Labute approximate surface area is 182 Å². The molecule has 30 heavy (non-hydrogen) atoms. The van der Waals surface area contributed by atoms with Gasteiger partial charge in [0.05, 0.1) is 24.0 Å². The molecule has 1 N–H and O–H groups in total. The first kappa shape index (κ1) is 20.0. The Bertz CT molecular complexity index is 1330. The van der Waals surface area contributed by atoms with Crippen molar-refractivity contribution >= 4 is 45.9 Å². The van der Waals surface area contributed by atoms with Crippen LogP contribution in [0.2, 0.25) is 10.0 Å². The number of aromatic nitrogens is 1. The van der Waals surface area contributed by atoms with Crippen LogP contribution in [-0.2, 0) is 0 Å². The summed E-state index contributed by atoms with van der Waals surface area (Å²) in [6.45, 7) is 0. The van der Waals surface area contributed by atoms with Crippen LogP contribution >= 0.6 is 23.2 Å². The standard InChI is InChI=1S/C23H16Cl2N2O3/c1-30-21-9-5-4-8-20(21)27-22(28)18-7-3-2-6-17(18)19(23(27)29)13-26-16-11-14(24)10-15(25)12-16/h2-13,29H,1H3. The number of fused-ring (bicyclic) bond motifs is 1. The molecule has 0 bridgehead atoms. The normalized spacial score (nSPS) is 11.3. The number of methoxy groups -OCH3 is 1. The summed E-state index contributed by atoms with van der Waals surface area (Å²) in [6, 6.07) is 18.9. The highest BCUT2D eigenvalue weighted by molar-refractivity contribution is 6.35. The third-order valence-electron chi connectivity index (χ3n) is 4.62. The van der Waals surface area contributed by atoms with Crippen LogP contribution < -0.4 is 10.3 Å². The Hall–Kier alpha value is -3.28. The Kier molecular flexibility index (Phi) is 5.48. The predicted molar refractivity (Wildman–Crippen MR) is 121 cm³/mol. The van der Waals surface area contributed by atoms with Gasteiger partial charge in [-0.25, -0.2) is 4.57 Å². The van der Waals surface area contributed by atoms with Crippen molar-refractivity contribution in [2.24, 2.45) is 4.99 Å². The Morgan fingerprint density at radius 1 is 0.967 bits per heavy atom. The van der Waals surface area contributed by atoms with Gasteiger partial charge >= 0.3 is 0 Å². The van der Waals surface area contributed by atoms with Gasteiger partial charge in [-0.2, -0.15) is 0 Å². The zero-order chi connectivity index (χ0) is 21.3. The molecule has 1 heterocycles. The minimum atomic E-state index is -0.365. The van der Waals surface area contributed by atoms with Gasteiger partial charge in [-0.05, 0) is 36.4 Å². The Morgan fingerprint density at radius 3 is 2.30 bits per heavy atom. The number of halogens is 2. The van der Waals surface area contributed by atoms with Crippen LogP contribution in [0.1, 0.15) is 5.56 Å². The van der Waals surface area contributed by atoms with Gasteiger partial charge in [0.25, 0.3) is 5.56 Å². The minimum absolute atomic E-state index is 0.250. The highest BCUT2D eigenvalue weighted by atomic mass is 35.5. The molecule has 0 aliphatic rings. The number of hydrogen-bond acceptors (Lipinski definition) is 4. The summed E-state index contributed by atoms with van der Waals surface area (Å²) in [6.07, 6.45) is 1.49. The molecule has 0 aliphatic heterocycles. The smallest absolute Gasteiger partial charge is 0.265 e. The second kappa shape index (κ2) is 8.22. The summed E-state index contributed by atoms with van der Waals surface area (Å²) in [5.41, 5.74) is 0.961. The summed E-state index contributed by atoms with van der Waals surface area (Å²) >= 11 is 12.1. The number of para-hydroxylation sites is 2. The topological polar surface area (TPSA) is 63.8 Å². The zero-order valence-corrected chi connectivity index (χ0v) is 17.4. The molecule has 0 saturated heterocycles. The number of rotatable bonds is 4. The summed E-state index contributed by atoms with van der Waals surface area (Å²) < 4.78 is 6.60. The van der Waals surface area contributed by atoms with E-state index in [1.54, 1.807) is 66.7 Å². The number of aromatic hydroxyl groups is 1. The summed E-state index contributed by atoms with van der Waals surface area (Å²) in [4.78, 5) is 17.6. The van der Waals surface area contributed by atoms with Crippen LogP contribution in [0.25, 0.3) is 16.5 Å². The highest BCUT2D eigenvalue weighted by Gasteiger charge is 2.18. The first-order valence-corrected chi connectivity index (χ1v) is 9.75. The largest absolute Gasteiger partial charge is 0.495 e. The molecule has 0 aliphatic carbocycles. The van der Waals surface area contributed by atoms with Crippen LogP contribution in [0.3, 0.4) is 0 Å². The van der Waals surface area contributed by atoms with Gasteiger partial charge in [-0.1, -0.05) is 53.5 Å². The van der Waals surface area contributed by atoms with E-state index in [2.05, 4.69) is 4.99 Å². The predicted octanol–water partition coefficient (Wildman–Crippen LogP) is 5.76. The number of ether oxygens (including phenoxy) is 1. The summed E-state index contributed by atoms with van der Waals surface area (Å²) in [7, 11) is 1.51. The molecule has 4 aromatic rings. The van der Waals surface area contributed by atoms with Gasteiger partial charge < -0.3 is 9.84 Å². The summed E-state index contributed by atoms with van der Waals surface area (Å²) in [5, 5.41) is 13.0. The Morgan fingerprint density at radius 2 is 1.60 bits per heavy atom. The van der Waals surface area contributed by atoms with E-state index >= 15 is 0 Å². The van der Waals surface area contributed by atoms with Crippen molar-refractivity contribution in [1.82, 2.24) is 4.57 Å². The minimum Gasteiger partial charge on any atom is -0.495 e. The van der Waals surface area contributed by atoms with Gasteiger partial charge in [-0.3, -0.25) is 9.79 Å². The lowest BCUT2D eigenvalue weighted by molar-refractivity contribution is 0.404. The molecule has 7 heteroatoms. The van der Waals surface area contributed by atoms with Crippen LogP contribution in [0.15, 0.2) is 76.5 Å². The van der Waals surface area contributed by atoms with Gasteiger partial charge in [-0.15, -0.1) is 0 Å². The maximum atomic E-state index is 13.2. The zero-order valence-electron chi connectivity index (χ0n) is 15.8. The van der Waals surface area contributed by atoms with Gasteiger partial charge in [0.2, 0.25) is 5.88 Å². The molecule has 5 nitrogen and oxygen atoms in total. The molecular formula is C23H16Cl2N2O3. The molecule has 0 amide bonds. The molecule has 0 atom stereocenters. The third kappa shape index (κ3) is 3.65. The van der Waals surface area contributed by atoms with E-state index < -0.39 is 0 Å². The second-order valence-electron chi connectivity index (χ2n) is 6.48. The maximum absolute atomic E-state index is 13.2. The van der Waals surface area contributed by atoms with Crippen LogP contribution in [-0.4, -0.2) is 23.0 Å². The van der Waals surface area contributed by atoms with Gasteiger partial charge in [0.15, 0.2) is 0 Å². The quantitative estimate of drug-likeness (QED) is 0.411. The van der Waals surface area contributed by atoms with Crippen molar-refractivity contribution in [1.29, 1.82) is 0 Å². The van der Waals surface area contributed by atoms with Crippen molar-refractivity contribution in [3.05, 3.63) is 92.7 Å². The Balaban J connectivity index is 2.00. The first-order chi connectivity index (χ1) is 14.5. The van der Waals surface area contributed by atoms with E-state index in [-0.39, 0.29) is 11.4 Å². The fraction of sp³-hybridized carbons (Fsp3) is 0.0435. The molecule has 1 aromatic heterocycles. The lowest BCUT2D eigenvalue weighted by Gasteiger charge is -2.16. The molecule has 150 valence electrons. The number of benzene rings is 3. The molecule has 0 radical (unpaired) electrons. The average molecular weight is 439 g/mol. The van der Waals surface area contributed by atoms with E-state index in [0.29, 0.717) is 43.5 Å². The van der Waals surface area contributed by atoms with Crippen molar-refractivity contribution in [3.8, 4) is 17.3 Å². The molecular weight excluding hydrogens is 423 g/mol. The van der Waals surface area contributed by atoms with Crippen LogP contribution in [0.4, 0.5) is 5.69 Å². The molecule has 0 saturated carbocycles. The van der Waals surface area contributed by atoms with E-state index in [1.807, 2.05) is 0 Å². The summed E-state index contributed by atoms with van der Waals surface area (Å²) in [5.74, 6) is 0.203. The fourth-order valence-electron chi connectivity index (χ4n) is 3.28. The van der Waals surface area contributed by atoms with E-state index in [1.165, 1.54) is 17.9 Å². The fourth-order valence-corrected chi connectivity index (χ4v) is 3.79. The van der Waals surface area contributed by atoms with Crippen molar-refractivity contribution < 1.29 is 9.84 Å². The molecule has 0 unspecified atom stereocenters. The van der Waals surface area contributed by atoms with Crippen molar-refractivity contribution in [2.75, 3.05) is 7.11 Å². The van der Waals surface area contributed by atoms with Crippen LogP contribution in [0, 0.1) is 0 Å². The van der Waals surface area contributed by atoms with E-state index in [4.69, 9.17) is 27.9 Å². The first-order valence-electron chi connectivity index (χ1n) is 9.00. The third-order valence-corrected chi connectivity index (χ3v) is 5.06. The van der Waals surface area contributed by atoms with Gasteiger partial charge in [0, 0.05) is 27.0 Å². The molecule has 4 rings (SSSR count). The number of pyridine rings is 1. The highest BCUT2D eigenvalue weighted by Crippen LogP contribution is 2.31. The molecule has 3 aromatic carbocycles. The molecule has 0 fully saturated rings. The average Bonchev–Trinajstić information content (AvgIpc) is 2.73. The number of nitrogens with zero attached hydrogens (tertiary/aromatic N) is 2. The van der Waals surface area contributed by atoms with E-state index in [0.717, 1.165) is 0 Å². The van der Waals surface area contributed by atoms with Crippen molar-refractivity contribution in [3.63, 3.8) is 0 Å².